The minimum Gasteiger partial charge on any atom is -0.451 e. The summed E-state index contributed by atoms with van der Waals surface area (Å²) in [5.74, 6) is 0.374. The van der Waals surface area contributed by atoms with Gasteiger partial charge in [-0.3, -0.25) is 4.79 Å². The first kappa shape index (κ1) is 15.1. The average molecular weight is 301 g/mol. The second kappa shape index (κ2) is 6.13. The number of fused-ring (bicyclic) bond motifs is 1. The number of rotatable bonds is 3. The predicted octanol–water partition coefficient (Wildman–Crippen LogP) is 3.69. The molecule has 3 rings (SSSR count). The lowest BCUT2D eigenvalue weighted by molar-refractivity contribution is -0.000692. The second-order valence-corrected chi connectivity index (χ2v) is 6.23. The first-order valence-corrected chi connectivity index (χ1v) is 7.93. The van der Waals surface area contributed by atoms with Crippen molar-refractivity contribution in [1.82, 2.24) is 4.90 Å². The Morgan fingerprint density at radius 1 is 1.32 bits per heavy atom. The van der Waals surface area contributed by atoms with E-state index in [1.807, 2.05) is 33.0 Å². The third kappa shape index (κ3) is 2.88. The van der Waals surface area contributed by atoms with Crippen molar-refractivity contribution < 1.29 is 13.9 Å². The zero-order valence-corrected chi connectivity index (χ0v) is 13.5. The van der Waals surface area contributed by atoms with Crippen LogP contribution in [0, 0.1) is 13.8 Å². The highest BCUT2D eigenvalue weighted by molar-refractivity contribution is 5.98. The van der Waals surface area contributed by atoms with E-state index in [2.05, 4.69) is 6.07 Å². The Kier molecular flexibility index (Phi) is 4.21. The highest BCUT2D eigenvalue weighted by Crippen LogP contribution is 2.27. The minimum atomic E-state index is -0.0690. The SMILES string of the molecule is Cc1ccc2oc(C(=O)N(C)C[C@H]3CCCCO3)c(C)c2c1. The van der Waals surface area contributed by atoms with E-state index in [4.69, 9.17) is 9.15 Å². The Labute approximate surface area is 131 Å². The zero-order valence-electron chi connectivity index (χ0n) is 13.5. The summed E-state index contributed by atoms with van der Waals surface area (Å²) in [5, 5.41) is 1.02. The first-order valence-electron chi connectivity index (χ1n) is 7.93. The molecule has 1 aromatic carbocycles. The summed E-state index contributed by atoms with van der Waals surface area (Å²) < 4.78 is 11.5. The van der Waals surface area contributed by atoms with Crippen molar-refractivity contribution in [2.75, 3.05) is 20.2 Å². The maximum atomic E-state index is 12.7. The molecule has 1 aliphatic rings. The molecule has 0 radical (unpaired) electrons. The smallest absolute Gasteiger partial charge is 0.289 e. The molecule has 2 heterocycles. The number of furan rings is 1. The monoisotopic (exact) mass is 301 g/mol. The van der Waals surface area contributed by atoms with Gasteiger partial charge in [-0.1, -0.05) is 11.6 Å². The van der Waals surface area contributed by atoms with Crippen LogP contribution in [0.25, 0.3) is 11.0 Å². The summed E-state index contributed by atoms with van der Waals surface area (Å²) in [7, 11) is 1.82. The van der Waals surface area contributed by atoms with Gasteiger partial charge in [0.1, 0.15) is 5.58 Å². The lowest BCUT2D eigenvalue weighted by Crippen LogP contribution is -2.37. The van der Waals surface area contributed by atoms with Crippen molar-refractivity contribution >= 4 is 16.9 Å². The molecule has 0 bridgehead atoms. The summed E-state index contributed by atoms with van der Waals surface area (Å²) in [6, 6.07) is 5.99. The molecule has 4 heteroatoms. The molecule has 0 spiro atoms. The fourth-order valence-corrected chi connectivity index (χ4v) is 3.05. The Hall–Kier alpha value is -1.81. The topological polar surface area (TPSA) is 42.7 Å². The van der Waals surface area contributed by atoms with Crippen molar-refractivity contribution in [3.05, 3.63) is 35.1 Å². The molecule has 118 valence electrons. The van der Waals surface area contributed by atoms with Crippen LogP contribution in [0.5, 0.6) is 0 Å². The molecule has 1 amide bonds. The van der Waals surface area contributed by atoms with Crippen molar-refractivity contribution in [2.45, 2.75) is 39.2 Å². The number of aryl methyl sites for hydroxylation is 2. The minimum absolute atomic E-state index is 0.0690. The van der Waals surface area contributed by atoms with Crippen molar-refractivity contribution in [2.24, 2.45) is 0 Å². The van der Waals surface area contributed by atoms with Gasteiger partial charge >= 0.3 is 0 Å². The van der Waals surface area contributed by atoms with Crippen LogP contribution in [-0.2, 0) is 4.74 Å². The lowest BCUT2D eigenvalue weighted by Gasteiger charge is -2.27. The molecule has 0 aliphatic carbocycles. The molecular weight excluding hydrogens is 278 g/mol. The fourth-order valence-electron chi connectivity index (χ4n) is 3.05. The standard InChI is InChI=1S/C18H23NO3/c1-12-7-8-16-15(10-12)13(2)17(22-16)18(20)19(3)11-14-6-4-5-9-21-14/h7-8,10,14H,4-6,9,11H2,1-3H3/t14-/m1/s1. The normalized spacial score (nSPS) is 18.6. The van der Waals surface area contributed by atoms with Crippen molar-refractivity contribution in [1.29, 1.82) is 0 Å². The van der Waals surface area contributed by atoms with Gasteiger partial charge in [-0.2, -0.15) is 0 Å². The van der Waals surface area contributed by atoms with E-state index in [0.29, 0.717) is 12.3 Å². The van der Waals surface area contributed by atoms with Gasteiger partial charge in [-0.25, -0.2) is 0 Å². The molecule has 0 unspecified atom stereocenters. The molecule has 22 heavy (non-hydrogen) atoms. The number of carbonyl (C=O) groups excluding carboxylic acids is 1. The molecule has 1 saturated heterocycles. The number of carbonyl (C=O) groups is 1. The highest BCUT2D eigenvalue weighted by Gasteiger charge is 2.24. The molecule has 0 N–H and O–H groups in total. The van der Waals surface area contributed by atoms with Crippen LogP contribution in [-0.4, -0.2) is 37.1 Å². The summed E-state index contributed by atoms with van der Waals surface area (Å²) in [6.07, 6.45) is 3.47. The summed E-state index contributed by atoms with van der Waals surface area (Å²) >= 11 is 0. The number of hydrogen-bond acceptors (Lipinski definition) is 3. The Morgan fingerprint density at radius 3 is 2.86 bits per heavy atom. The molecule has 1 aromatic heterocycles. The van der Waals surface area contributed by atoms with E-state index >= 15 is 0 Å². The Morgan fingerprint density at radius 2 is 2.14 bits per heavy atom. The van der Waals surface area contributed by atoms with E-state index in [1.165, 1.54) is 12.0 Å². The van der Waals surface area contributed by atoms with Gasteiger partial charge in [0, 0.05) is 31.1 Å². The number of amides is 1. The van der Waals surface area contributed by atoms with Crippen LogP contribution >= 0.6 is 0 Å². The van der Waals surface area contributed by atoms with Gasteiger partial charge < -0.3 is 14.1 Å². The Bertz CT molecular complexity index is 683. The highest BCUT2D eigenvalue weighted by atomic mass is 16.5. The summed E-state index contributed by atoms with van der Waals surface area (Å²) in [6.45, 7) is 5.41. The van der Waals surface area contributed by atoms with E-state index in [-0.39, 0.29) is 12.0 Å². The van der Waals surface area contributed by atoms with E-state index < -0.39 is 0 Å². The van der Waals surface area contributed by atoms with Crippen LogP contribution in [0.1, 0.15) is 40.9 Å². The maximum Gasteiger partial charge on any atom is 0.289 e. The second-order valence-electron chi connectivity index (χ2n) is 6.23. The van der Waals surface area contributed by atoms with Gasteiger partial charge in [0.2, 0.25) is 0 Å². The van der Waals surface area contributed by atoms with Gasteiger partial charge in [-0.15, -0.1) is 0 Å². The number of likely N-dealkylation sites (N-methyl/N-ethyl adjacent to an activating group) is 1. The van der Waals surface area contributed by atoms with E-state index in [0.717, 1.165) is 36.0 Å². The lowest BCUT2D eigenvalue weighted by atomic mass is 10.1. The molecule has 4 nitrogen and oxygen atoms in total. The largest absolute Gasteiger partial charge is 0.451 e. The number of hydrogen-bond donors (Lipinski definition) is 0. The third-order valence-corrected chi connectivity index (χ3v) is 4.38. The quantitative estimate of drug-likeness (QED) is 0.868. The number of nitrogens with zero attached hydrogens (tertiary/aromatic N) is 1. The van der Waals surface area contributed by atoms with Crippen LogP contribution in [0.3, 0.4) is 0 Å². The van der Waals surface area contributed by atoms with Crippen LogP contribution in [0.4, 0.5) is 0 Å². The van der Waals surface area contributed by atoms with Crippen molar-refractivity contribution in [3.63, 3.8) is 0 Å². The summed E-state index contributed by atoms with van der Waals surface area (Å²) in [4.78, 5) is 14.4. The number of benzene rings is 1. The zero-order chi connectivity index (χ0) is 15.7. The fraction of sp³-hybridized carbons (Fsp3) is 0.500. The molecule has 1 aliphatic heterocycles. The third-order valence-electron chi connectivity index (χ3n) is 4.38. The van der Waals surface area contributed by atoms with Gasteiger partial charge in [0.15, 0.2) is 5.76 Å². The van der Waals surface area contributed by atoms with E-state index in [1.54, 1.807) is 4.90 Å². The molecule has 0 saturated carbocycles. The number of ether oxygens (including phenoxy) is 1. The van der Waals surface area contributed by atoms with Crippen LogP contribution in [0.2, 0.25) is 0 Å². The molecule has 1 fully saturated rings. The van der Waals surface area contributed by atoms with Crippen LogP contribution in [0.15, 0.2) is 22.6 Å². The van der Waals surface area contributed by atoms with Crippen LogP contribution < -0.4 is 0 Å². The van der Waals surface area contributed by atoms with Gasteiger partial charge in [0.25, 0.3) is 5.91 Å². The maximum absolute atomic E-state index is 12.7. The van der Waals surface area contributed by atoms with Crippen molar-refractivity contribution in [3.8, 4) is 0 Å². The van der Waals surface area contributed by atoms with Gasteiger partial charge in [-0.05, 0) is 45.2 Å². The average Bonchev–Trinajstić information content (AvgIpc) is 2.84. The first-order chi connectivity index (χ1) is 10.6. The molecule has 1 atom stereocenters. The predicted molar refractivity (Wildman–Crippen MR) is 86.2 cm³/mol. The molecule has 2 aromatic rings. The molecular formula is C18H23NO3. The Balaban J connectivity index is 1.80. The van der Waals surface area contributed by atoms with E-state index in [9.17, 15) is 4.79 Å². The summed E-state index contributed by atoms with van der Waals surface area (Å²) in [5.41, 5.74) is 2.85. The van der Waals surface area contributed by atoms with Gasteiger partial charge in [0.05, 0.1) is 6.10 Å².